The van der Waals surface area contributed by atoms with E-state index in [1.54, 1.807) is 13.8 Å². The number of carbonyl (C=O) groups excluding carboxylic acids is 3. The first-order chi connectivity index (χ1) is 9.02. The van der Waals surface area contributed by atoms with Gasteiger partial charge in [0.15, 0.2) is 5.78 Å². The Hall–Kier alpha value is -1.85. The maximum absolute atomic E-state index is 12.1. The molecule has 0 aliphatic carbocycles. The zero-order valence-corrected chi connectivity index (χ0v) is 11.3. The Balaban J connectivity index is 2.66. The zero-order valence-electron chi connectivity index (χ0n) is 11.3. The summed E-state index contributed by atoms with van der Waals surface area (Å²) in [5.41, 5.74) is 0. The summed E-state index contributed by atoms with van der Waals surface area (Å²) < 4.78 is 9.75. The lowest BCUT2D eigenvalue weighted by Crippen LogP contribution is -2.52. The van der Waals surface area contributed by atoms with Gasteiger partial charge >= 0.3 is 12.1 Å². The van der Waals surface area contributed by atoms with Gasteiger partial charge in [-0.15, -0.1) is 0 Å². The van der Waals surface area contributed by atoms with Crippen LogP contribution in [-0.2, 0) is 19.1 Å². The molecular weight excluding hydrogens is 250 g/mol. The third-order valence-electron chi connectivity index (χ3n) is 3.01. The zero-order chi connectivity index (χ0) is 14.4. The van der Waals surface area contributed by atoms with E-state index < -0.39 is 24.0 Å². The van der Waals surface area contributed by atoms with Gasteiger partial charge in [-0.05, 0) is 20.3 Å². The highest BCUT2D eigenvalue weighted by molar-refractivity contribution is 6.03. The number of likely N-dealkylation sites (tertiary alicyclic amines) is 1. The molecule has 6 nitrogen and oxygen atoms in total. The first kappa shape index (κ1) is 15.2. The lowest BCUT2D eigenvalue weighted by molar-refractivity contribution is -0.155. The van der Waals surface area contributed by atoms with Crippen molar-refractivity contribution in [1.29, 1.82) is 0 Å². The van der Waals surface area contributed by atoms with Crippen LogP contribution >= 0.6 is 0 Å². The van der Waals surface area contributed by atoms with E-state index in [1.165, 1.54) is 11.0 Å². The van der Waals surface area contributed by atoms with Gasteiger partial charge in [0.1, 0.15) is 12.5 Å². The third kappa shape index (κ3) is 3.56. The monoisotopic (exact) mass is 269 g/mol. The summed E-state index contributed by atoms with van der Waals surface area (Å²) in [5.74, 6) is -1.60. The van der Waals surface area contributed by atoms with Gasteiger partial charge in [0.2, 0.25) is 0 Å². The van der Waals surface area contributed by atoms with Crippen molar-refractivity contribution in [2.24, 2.45) is 5.92 Å². The maximum atomic E-state index is 12.1. The molecule has 1 unspecified atom stereocenters. The molecule has 1 heterocycles. The van der Waals surface area contributed by atoms with E-state index >= 15 is 0 Å². The molecule has 1 fully saturated rings. The normalized spacial score (nSPS) is 22.8. The molecule has 0 N–H and O–H groups in total. The molecule has 0 aromatic heterocycles. The quantitative estimate of drug-likeness (QED) is 0.435. The van der Waals surface area contributed by atoms with Crippen LogP contribution in [0.25, 0.3) is 0 Å². The Labute approximate surface area is 112 Å². The van der Waals surface area contributed by atoms with E-state index in [0.717, 1.165) is 0 Å². The summed E-state index contributed by atoms with van der Waals surface area (Å²) >= 11 is 0. The van der Waals surface area contributed by atoms with Crippen LogP contribution in [0.15, 0.2) is 12.7 Å². The minimum atomic E-state index is -0.779. The smallest absolute Gasteiger partial charge is 0.410 e. The molecular formula is C13H19NO5. The second-order valence-electron chi connectivity index (χ2n) is 4.23. The highest BCUT2D eigenvalue weighted by atomic mass is 16.6. The average Bonchev–Trinajstić information content (AvgIpc) is 2.39. The third-order valence-corrected chi connectivity index (χ3v) is 3.01. The van der Waals surface area contributed by atoms with Crippen LogP contribution in [0.5, 0.6) is 0 Å². The van der Waals surface area contributed by atoms with Crippen LogP contribution in [0.2, 0.25) is 0 Å². The summed E-state index contributed by atoms with van der Waals surface area (Å²) in [7, 11) is 0. The van der Waals surface area contributed by atoms with Gasteiger partial charge in [-0.2, -0.15) is 0 Å². The molecule has 19 heavy (non-hydrogen) atoms. The second kappa shape index (κ2) is 6.92. The molecule has 6 heteroatoms. The summed E-state index contributed by atoms with van der Waals surface area (Å²) in [6.45, 7) is 7.35. The van der Waals surface area contributed by atoms with Crippen LogP contribution in [0.3, 0.4) is 0 Å². The predicted octanol–water partition coefficient (Wildman–Crippen LogP) is 1.15. The summed E-state index contributed by atoms with van der Waals surface area (Å²) in [4.78, 5) is 36.7. The fourth-order valence-corrected chi connectivity index (χ4v) is 1.99. The molecule has 0 radical (unpaired) electrons. The molecule has 0 saturated carbocycles. The molecule has 1 saturated heterocycles. The van der Waals surface area contributed by atoms with Crippen molar-refractivity contribution in [3.63, 3.8) is 0 Å². The summed E-state index contributed by atoms with van der Waals surface area (Å²) in [6.07, 6.45) is 1.16. The Morgan fingerprint density at radius 1 is 1.47 bits per heavy atom. The Kier molecular flexibility index (Phi) is 5.54. The number of ether oxygens (including phenoxy) is 2. The van der Waals surface area contributed by atoms with Gasteiger partial charge in [-0.1, -0.05) is 12.7 Å². The molecule has 106 valence electrons. The number of carbonyl (C=O) groups is 3. The van der Waals surface area contributed by atoms with Crippen molar-refractivity contribution in [2.75, 3.05) is 19.8 Å². The largest absolute Gasteiger partial charge is 0.465 e. The number of Topliss-reactive ketones (excluding diaryl/α,β-unsaturated/α-hetero) is 1. The van der Waals surface area contributed by atoms with E-state index in [0.29, 0.717) is 6.54 Å². The van der Waals surface area contributed by atoms with E-state index in [1.807, 2.05) is 0 Å². The first-order valence-corrected chi connectivity index (χ1v) is 6.27. The van der Waals surface area contributed by atoms with Gasteiger partial charge in [-0.3, -0.25) is 14.5 Å². The number of hydrogen-bond donors (Lipinski definition) is 0. The maximum Gasteiger partial charge on any atom is 0.410 e. The minimum Gasteiger partial charge on any atom is -0.465 e. The molecule has 0 bridgehead atoms. The van der Waals surface area contributed by atoms with Crippen LogP contribution in [0.4, 0.5) is 4.79 Å². The first-order valence-electron chi connectivity index (χ1n) is 6.27. The van der Waals surface area contributed by atoms with Crippen molar-refractivity contribution < 1.29 is 23.9 Å². The summed E-state index contributed by atoms with van der Waals surface area (Å²) in [5, 5.41) is 0. The number of amides is 1. The second-order valence-corrected chi connectivity index (χ2v) is 4.23. The van der Waals surface area contributed by atoms with E-state index in [-0.39, 0.29) is 25.4 Å². The van der Waals surface area contributed by atoms with Crippen molar-refractivity contribution in [2.45, 2.75) is 26.3 Å². The summed E-state index contributed by atoms with van der Waals surface area (Å²) in [6, 6.07) is -0.680. The molecule has 0 aromatic carbocycles. The van der Waals surface area contributed by atoms with Crippen molar-refractivity contribution in [1.82, 2.24) is 4.90 Å². The van der Waals surface area contributed by atoms with Gasteiger partial charge < -0.3 is 9.47 Å². The lowest BCUT2D eigenvalue weighted by atomic mass is 9.90. The highest BCUT2D eigenvalue weighted by Crippen LogP contribution is 2.21. The van der Waals surface area contributed by atoms with Crippen molar-refractivity contribution in [3.8, 4) is 0 Å². The van der Waals surface area contributed by atoms with Crippen LogP contribution in [0.1, 0.15) is 20.3 Å². The number of nitrogens with zero attached hydrogens (tertiary/aromatic N) is 1. The fourth-order valence-electron chi connectivity index (χ4n) is 1.99. The van der Waals surface area contributed by atoms with Crippen LogP contribution in [0, 0.1) is 5.92 Å². The molecule has 0 spiro atoms. The standard InChI is InChI=1S/C13H19NO5/c1-4-8-19-13(17)14-7-6-10(11(15)9(14)3)12(16)18-5-2/h4,9-10H,1,5-8H2,2-3H3/t9-,10?/m1/s1. The SMILES string of the molecule is C=CCOC(=O)N1CCC(C(=O)OCC)C(=O)[C@H]1C. The van der Waals surface area contributed by atoms with Crippen molar-refractivity contribution >= 4 is 17.8 Å². The van der Waals surface area contributed by atoms with Crippen LogP contribution < -0.4 is 0 Å². The van der Waals surface area contributed by atoms with Gasteiger partial charge in [-0.25, -0.2) is 4.79 Å². The van der Waals surface area contributed by atoms with E-state index in [9.17, 15) is 14.4 Å². The van der Waals surface area contributed by atoms with E-state index in [2.05, 4.69) is 6.58 Å². The highest BCUT2D eigenvalue weighted by Gasteiger charge is 2.40. The van der Waals surface area contributed by atoms with Crippen LogP contribution in [-0.4, -0.2) is 48.5 Å². The topological polar surface area (TPSA) is 72.9 Å². The Morgan fingerprint density at radius 3 is 2.74 bits per heavy atom. The van der Waals surface area contributed by atoms with Gasteiger partial charge in [0.25, 0.3) is 0 Å². The number of esters is 1. The number of rotatable bonds is 4. The Bertz CT molecular complexity index is 379. The van der Waals surface area contributed by atoms with E-state index in [4.69, 9.17) is 9.47 Å². The molecule has 0 aromatic rings. The van der Waals surface area contributed by atoms with Gasteiger partial charge in [0.05, 0.1) is 12.6 Å². The number of piperidine rings is 1. The number of ketones is 1. The Morgan fingerprint density at radius 2 is 2.16 bits per heavy atom. The predicted molar refractivity (Wildman–Crippen MR) is 67.5 cm³/mol. The fraction of sp³-hybridized carbons (Fsp3) is 0.615. The number of hydrogen-bond acceptors (Lipinski definition) is 5. The minimum absolute atomic E-state index is 0.0948. The van der Waals surface area contributed by atoms with Gasteiger partial charge in [0, 0.05) is 6.54 Å². The molecule has 1 rings (SSSR count). The molecule has 1 aliphatic heterocycles. The average molecular weight is 269 g/mol. The molecule has 2 atom stereocenters. The van der Waals surface area contributed by atoms with Crippen molar-refractivity contribution in [3.05, 3.63) is 12.7 Å². The molecule has 1 amide bonds. The lowest BCUT2D eigenvalue weighted by Gasteiger charge is -2.34. The molecule has 1 aliphatic rings.